The van der Waals surface area contributed by atoms with E-state index in [1.54, 1.807) is 24.3 Å². The highest BCUT2D eigenvalue weighted by atomic mass is 32.2. The Bertz CT molecular complexity index is 886. The van der Waals surface area contributed by atoms with E-state index < -0.39 is 10.0 Å². The number of benzene rings is 1. The molecule has 2 aromatic rings. The molecule has 1 atom stereocenters. The summed E-state index contributed by atoms with van der Waals surface area (Å²) in [5.74, 6) is 0.348. The molecule has 28 heavy (non-hydrogen) atoms. The Kier molecular flexibility index (Phi) is 7.11. The van der Waals surface area contributed by atoms with E-state index >= 15 is 0 Å². The number of aromatic nitrogens is 2. The van der Waals surface area contributed by atoms with Crippen LogP contribution in [0.15, 0.2) is 34.7 Å². The van der Waals surface area contributed by atoms with E-state index in [0.29, 0.717) is 18.0 Å². The maximum atomic E-state index is 12.4. The first-order chi connectivity index (χ1) is 13.4. The molecule has 0 spiro atoms. The van der Waals surface area contributed by atoms with Gasteiger partial charge < -0.3 is 4.90 Å². The third-order valence-corrected chi connectivity index (χ3v) is 7.24. The molecular formula is C18H25N5O3S2. The third-order valence-electron chi connectivity index (χ3n) is 4.58. The normalized spacial score (nSPS) is 18.1. The Morgan fingerprint density at radius 2 is 2.07 bits per heavy atom. The van der Waals surface area contributed by atoms with Gasteiger partial charge in [-0.05, 0) is 50.4 Å². The summed E-state index contributed by atoms with van der Waals surface area (Å²) >= 11 is 0.834. The summed E-state index contributed by atoms with van der Waals surface area (Å²) in [5, 5.41) is 10.2. The zero-order chi connectivity index (χ0) is 20.0. The molecule has 0 bridgehead atoms. The zero-order valence-electron chi connectivity index (χ0n) is 15.8. The van der Waals surface area contributed by atoms with E-state index in [1.807, 2.05) is 6.07 Å². The van der Waals surface area contributed by atoms with Gasteiger partial charge in [0.05, 0.1) is 0 Å². The Balaban J connectivity index is 1.48. The molecule has 1 amide bonds. The number of carbonyl (C=O) groups excluding carboxylic acids is 1. The zero-order valence-corrected chi connectivity index (χ0v) is 17.4. The Labute approximate surface area is 169 Å². The van der Waals surface area contributed by atoms with Crippen LogP contribution in [0.2, 0.25) is 0 Å². The van der Waals surface area contributed by atoms with E-state index in [9.17, 15) is 13.2 Å². The number of amides is 1. The highest BCUT2D eigenvalue weighted by Gasteiger charge is 2.21. The molecular weight excluding hydrogens is 398 g/mol. The molecule has 0 saturated carbocycles. The fraction of sp³-hybridized carbons (Fsp3) is 0.500. The number of nitrogens with zero attached hydrogens (tertiary/aromatic N) is 3. The van der Waals surface area contributed by atoms with Gasteiger partial charge in [-0.1, -0.05) is 36.5 Å². The molecule has 1 aliphatic heterocycles. The second kappa shape index (κ2) is 9.55. The monoisotopic (exact) mass is 423 g/mol. The van der Waals surface area contributed by atoms with Gasteiger partial charge in [0.2, 0.25) is 9.47 Å². The minimum atomic E-state index is -3.73. The van der Waals surface area contributed by atoms with E-state index in [-0.39, 0.29) is 15.4 Å². The van der Waals surface area contributed by atoms with E-state index in [2.05, 4.69) is 32.1 Å². The molecule has 1 aromatic heterocycles. The fourth-order valence-electron chi connectivity index (χ4n) is 3.19. The molecule has 1 aliphatic rings. The number of hydrogen-bond donors (Lipinski definition) is 2. The van der Waals surface area contributed by atoms with Crippen LogP contribution in [0.1, 0.15) is 36.5 Å². The van der Waals surface area contributed by atoms with Crippen LogP contribution in [-0.4, -0.2) is 55.6 Å². The van der Waals surface area contributed by atoms with Crippen molar-refractivity contribution in [3.63, 3.8) is 0 Å². The van der Waals surface area contributed by atoms with Crippen LogP contribution in [0.3, 0.4) is 0 Å². The molecule has 1 fully saturated rings. The summed E-state index contributed by atoms with van der Waals surface area (Å²) in [6.45, 7) is 5.63. The van der Waals surface area contributed by atoms with Crippen LogP contribution in [-0.2, 0) is 10.0 Å². The maximum Gasteiger partial charge on any atom is 0.269 e. The number of nitrogens with one attached hydrogen (secondary N) is 2. The summed E-state index contributed by atoms with van der Waals surface area (Å²) in [7, 11) is -3.73. The van der Waals surface area contributed by atoms with Crippen molar-refractivity contribution < 1.29 is 13.2 Å². The Hall–Kier alpha value is -1.88. The number of carbonyl (C=O) groups is 1. The average Bonchev–Trinajstić information content (AvgIpc) is 3.15. The van der Waals surface area contributed by atoms with Gasteiger partial charge in [0.15, 0.2) is 0 Å². The average molecular weight is 424 g/mol. The predicted octanol–water partition coefficient (Wildman–Crippen LogP) is 2.19. The third kappa shape index (κ3) is 5.81. The number of likely N-dealkylation sites (tertiary alicyclic amines) is 1. The number of anilines is 1. The summed E-state index contributed by atoms with van der Waals surface area (Å²) in [6.07, 6.45) is 3.21. The highest BCUT2D eigenvalue weighted by Crippen LogP contribution is 2.20. The quantitative estimate of drug-likeness (QED) is 0.498. The summed E-state index contributed by atoms with van der Waals surface area (Å²) in [4.78, 5) is 14.5. The van der Waals surface area contributed by atoms with Crippen LogP contribution in [0.25, 0.3) is 0 Å². The van der Waals surface area contributed by atoms with Crippen LogP contribution in [0, 0.1) is 5.92 Å². The number of rotatable bonds is 8. The SMILES string of the molecule is C[C@H]1CCCN(CCCNS(=O)(=O)c2nnc(NC(=O)c3ccccc3)s2)C1. The molecule has 1 aromatic carbocycles. The predicted molar refractivity (Wildman–Crippen MR) is 109 cm³/mol. The smallest absolute Gasteiger partial charge is 0.269 e. The lowest BCUT2D eigenvalue weighted by molar-refractivity contribution is 0.102. The van der Waals surface area contributed by atoms with Crippen molar-refractivity contribution in [3.8, 4) is 0 Å². The topological polar surface area (TPSA) is 104 Å². The van der Waals surface area contributed by atoms with E-state index in [4.69, 9.17) is 0 Å². The lowest BCUT2D eigenvalue weighted by atomic mass is 10.0. The molecule has 3 rings (SSSR count). The standard InChI is InChI=1S/C18H25N5O3S2/c1-14-7-5-11-23(13-14)12-6-10-19-28(25,26)18-22-21-17(27-18)20-16(24)15-8-3-2-4-9-15/h2-4,8-9,14,19H,5-7,10-13H2,1H3,(H,20,21,24)/t14-/m0/s1. The van der Waals surface area contributed by atoms with Crippen LogP contribution < -0.4 is 10.0 Å². The van der Waals surface area contributed by atoms with Crippen molar-refractivity contribution in [2.24, 2.45) is 5.92 Å². The minimum Gasteiger partial charge on any atom is -0.303 e. The lowest BCUT2D eigenvalue weighted by Gasteiger charge is -2.30. The Morgan fingerprint density at radius 3 is 2.82 bits per heavy atom. The summed E-state index contributed by atoms with van der Waals surface area (Å²) in [5.41, 5.74) is 0.465. The second-order valence-electron chi connectivity index (χ2n) is 6.99. The second-order valence-corrected chi connectivity index (χ2v) is 9.91. The van der Waals surface area contributed by atoms with Gasteiger partial charge in [-0.25, -0.2) is 13.1 Å². The number of piperidine rings is 1. The molecule has 0 aliphatic carbocycles. The summed E-state index contributed by atoms with van der Waals surface area (Å²) in [6, 6.07) is 8.64. The molecule has 1 saturated heterocycles. The van der Waals surface area contributed by atoms with Gasteiger partial charge in [0, 0.05) is 18.7 Å². The highest BCUT2D eigenvalue weighted by molar-refractivity contribution is 7.91. The largest absolute Gasteiger partial charge is 0.303 e. The molecule has 8 nitrogen and oxygen atoms in total. The van der Waals surface area contributed by atoms with Crippen LogP contribution in [0.4, 0.5) is 5.13 Å². The van der Waals surface area contributed by atoms with Gasteiger partial charge in [-0.2, -0.15) is 0 Å². The van der Waals surface area contributed by atoms with Gasteiger partial charge in [-0.15, -0.1) is 10.2 Å². The van der Waals surface area contributed by atoms with Gasteiger partial charge in [0.25, 0.3) is 15.9 Å². The molecule has 10 heteroatoms. The maximum absolute atomic E-state index is 12.4. The lowest BCUT2D eigenvalue weighted by Crippen LogP contribution is -2.36. The Morgan fingerprint density at radius 1 is 1.29 bits per heavy atom. The van der Waals surface area contributed by atoms with Gasteiger partial charge >= 0.3 is 0 Å². The van der Waals surface area contributed by atoms with Gasteiger partial charge in [-0.3, -0.25) is 10.1 Å². The minimum absolute atomic E-state index is 0.150. The molecule has 2 N–H and O–H groups in total. The van der Waals surface area contributed by atoms with Gasteiger partial charge in [0.1, 0.15) is 0 Å². The molecule has 0 radical (unpaired) electrons. The van der Waals surface area contributed by atoms with Crippen LogP contribution in [0.5, 0.6) is 0 Å². The first-order valence-electron chi connectivity index (χ1n) is 9.36. The fourth-order valence-corrected chi connectivity index (χ4v) is 5.20. The van der Waals surface area contributed by atoms with Crippen molar-refractivity contribution in [1.29, 1.82) is 0 Å². The van der Waals surface area contributed by atoms with Crippen molar-refractivity contribution in [3.05, 3.63) is 35.9 Å². The van der Waals surface area contributed by atoms with E-state index in [0.717, 1.165) is 37.4 Å². The van der Waals surface area contributed by atoms with Crippen molar-refractivity contribution in [1.82, 2.24) is 19.8 Å². The van der Waals surface area contributed by atoms with Crippen molar-refractivity contribution >= 4 is 32.4 Å². The number of hydrogen-bond acceptors (Lipinski definition) is 7. The first-order valence-corrected chi connectivity index (χ1v) is 11.7. The number of sulfonamides is 1. The summed E-state index contributed by atoms with van der Waals surface area (Å²) < 4.78 is 27.2. The van der Waals surface area contributed by atoms with Crippen molar-refractivity contribution in [2.45, 2.75) is 30.5 Å². The molecule has 0 unspecified atom stereocenters. The van der Waals surface area contributed by atoms with Crippen LogP contribution >= 0.6 is 11.3 Å². The van der Waals surface area contributed by atoms with Crippen molar-refractivity contribution in [2.75, 3.05) is 31.5 Å². The molecule has 2 heterocycles. The molecule has 152 valence electrons. The first kappa shape index (κ1) is 20.8. The van der Waals surface area contributed by atoms with E-state index in [1.165, 1.54) is 12.8 Å².